The summed E-state index contributed by atoms with van der Waals surface area (Å²) in [5, 5.41) is 1.05. The summed E-state index contributed by atoms with van der Waals surface area (Å²) in [6.07, 6.45) is 3.14. The minimum Gasteiger partial charge on any atom is -0.340 e. The zero-order chi connectivity index (χ0) is 14.8. The SMILES string of the molecule is CCC(=O)N1CCN(Cc2nc3c(s2)C(=O)CCC3)CC1. The van der Waals surface area contributed by atoms with E-state index in [1.54, 1.807) is 11.3 Å². The molecule has 1 amide bonds. The number of thiazole rings is 1. The van der Waals surface area contributed by atoms with Gasteiger partial charge in [-0.15, -0.1) is 11.3 Å². The van der Waals surface area contributed by atoms with E-state index < -0.39 is 0 Å². The predicted molar refractivity (Wildman–Crippen MR) is 81.5 cm³/mol. The molecule has 1 aromatic rings. The molecule has 21 heavy (non-hydrogen) atoms. The summed E-state index contributed by atoms with van der Waals surface area (Å²) in [6, 6.07) is 0. The minimum atomic E-state index is 0.241. The van der Waals surface area contributed by atoms with Crippen LogP contribution in [0, 0.1) is 0 Å². The van der Waals surface area contributed by atoms with E-state index in [-0.39, 0.29) is 11.7 Å². The average Bonchev–Trinajstić information content (AvgIpc) is 2.91. The van der Waals surface area contributed by atoms with Gasteiger partial charge in [0.2, 0.25) is 5.91 Å². The number of rotatable bonds is 3. The van der Waals surface area contributed by atoms with Gasteiger partial charge in [0.25, 0.3) is 0 Å². The molecule has 0 bridgehead atoms. The lowest BCUT2D eigenvalue weighted by Gasteiger charge is -2.34. The molecule has 1 fully saturated rings. The molecule has 114 valence electrons. The number of fused-ring (bicyclic) bond motifs is 1. The van der Waals surface area contributed by atoms with Gasteiger partial charge in [-0.25, -0.2) is 4.98 Å². The van der Waals surface area contributed by atoms with Crippen LogP contribution in [0.2, 0.25) is 0 Å². The van der Waals surface area contributed by atoms with Crippen LogP contribution >= 0.6 is 11.3 Å². The molecule has 5 nitrogen and oxygen atoms in total. The normalized spacial score (nSPS) is 19.7. The molecule has 1 aromatic heterocycles. The highest BCUT2D eigenvalue weighted by Crippen LogP contribution is 2.27. The number of aromatic nitrogens is 1. The van der Waals surface area contributed by atoms with Crippen molar-refractivity contribution in [1.29, 1.82) is 0 Å². The van der Waals surface area contributed by atoms with E-state index in [0.717, 1.165) is 61.1 Å². The first-order valence-corrected chi connectivity index (χ1v) is 8.51. The van der Waals surface area contributed by atoms with Crippen molar-refractivity contribution in [2.24, 2.45) is 0 Å². The standard InChI is InChI=1S/C15H21N3O2S/c1-2-14(20)18-8-6-17(7-9-18)10-13-16-11-4-3-5-12(19)15(11)21-13/h2-10H2,1H3. The van der Waals surface area contributed by atoms with Gasteiger partial charge in [0, 0.05) is 39.0 Å². The van der Waals surface area contributed by atoms with E-state index >= 15 is 0 Å². The fraction of sp³-hybridized carbons (Fsp3) is 0.667. The van der Waals surface area contributed by atoms with Crippen molar-refractivity contribution in [1.82, 2.24) is 14.8 Å². The monoisotopic (exact) mass is 307 g/mol. The number of carbonyl (C=O) groups excluding carboxylic acids is 2. The average molecular weight is 307 g/mol. The summed E-state index contributed by atoms with van der Waals surface area (Å²) < 4.78 is 0. The fourth-order valence-corrected chi connectivity index (χ4v) is 4.08. The summed E-state index contributed by atoms with van der Waals surface area (Å²) in [5.74, 6) is 0.503. The summed E-state index contributed by atoms with van der Waals surface area (Å²) in [4.78, 5) is 33.3. The van der Waals surface area contributed by atoms with Crippen LogP contribution in [0.4, 0.5) is 0 Å². The van der Waals surface area contributed by atoms with E-state index in [1.165, 1.54) is 0 Å². The first kappa shape index (κ1) is 14.7. The fourth-order valence-electron chi connectivity index (χ4n) is 2.96. The second kappa shape index (κ2) is 6.23. The lowest BCUT2D eigenvalue weighted by atomic mass is 10.0. The summed E-state index contributed by atoms with van der Waals surface area (Å²) in [7, 11) is 0. The molecule has 1 saturated heterocycles. The van der Waals surface area contributed by atoms with E-state index in [4.69, 9.17) is 0 Å². The van der Waals surface area contributed by atoms with Gasteiger partial charge in [0.1, 0.15) is 5.01 Å². The molecule has 6 heteroatoms. The molecular weight excluding hydrogens is 286 g/mol. The van der Waals surface area contributed by atoms with Crippen LogP contribution in [0.15, 0.2) is 0 Å². The van der Waals surface area contributed by atoms with Crippen LogP contribution in [0.5, 0.6) is 0 Å². The number of hydrogen-bond donors (Lipinski definition) is 0. The van der Waals surface area contributed by atoms with Crippen LogP contribution in [0.25, 0.3) is 0 Å². The Morgan fingerprint density at radius 2 is 2.00 bits per heavy atom. The van der Waals surface area contributed by atoms with Gasteiger partial charge in [-0.2, -0.15) is 0 Å². The van der Waals surface area contributed by atoms with Crippen LogP contribution in [0.3, 0.4) is 0 Å². The van der Waals surface area contributed by atoms with Crippen molar-refractivity contribution in [2.75, 3.05) is 26.2 Å². The molecule has 0 atom stereocenters. The van der Waals surface area contributed by atoms with Crippen molar-refractivity contribution in [3.8, 4) is 0 Å². The molecule has 3 rings (SSSR count). The zero-order valence-electron chi connectivity index (χ0n) is 12.4. The lowest BCUT2D eigenvalue weighted by Crippen LogP contribution is -2.48. The van der Waals surface area contributed by atoms with Gasteiger partial charge >= 0.3 is 0 Å². The molecule has 2 aliphatic rings. The molecule has 1 aliphatic carbocycles. The van der Waals surface area contributed by atoms with Gasteiger partial charge in [0.15, 0.2) is 5.78 Å². The van der Waals surface area contributed by atoms with Crippen LogP contribution < -0.4 is 0 Å². The van der Waals surface area contributed by atoms with E-state index in [0.29, 0.717) is 12.8 Å². The largest absolute Gasteiger partial charge is 0.340 e. The third kappa shape index (κ3) is 3.16. The van der Waals surface area contributed by atoms with Crippen molar-refractivity contribution >= 4 is 23.0 Å². The molecular formula is C15H21N3O2S. The summed E-state index contributed by atoms with van der Waals surface area (Å²) in [5.41, 5.74) is 1.01. The van der Waals surface area contributed by atoms with Crippen molar-refractivity contribution < 1.29 is 9.59 Å². The van der Waals surface area contributed by atoms with Crippen LogP contribution in [-0.4, -0.2) is 52.7 Å². The van der Waals surface area contributed by atoms with Crippen molar-refractivity contribution in [2.45, 2.75) is 39.2 Å². The summed E-state index contributed by atoms with van der Waals surface area (Å²) >= 11 is 1.57. The zero-order valence-corrected chi connectivity index (χ0v) is 13.2. The number of nitrogens with zero attached hydrogens (tertiary/aromatic N) is 3. The second-order valence-corrected chi connectivity index (χ2v) is 6.75. The number of carbonyl (C=O) groups is 2. The maximum Gasteiger partial charge on any atom is 0.222 e. The molecule has 0 saturated carbocycles. The Bertz CT molecular complexity index is 547. The molecule has 0 unspecified atom stereocenters. The van der Waals surface area contributed by atoms with Crippen molar-refractivity contribution in [3.05, 3.63) is 15.6 Å². The highest BCUT2D eigenvalue weighted by molar-refractivity contribution is 7.13. The third-order valence-corrected chi connectivity index (χ3v) is 5.32. The molecule has 0 radical (unpaired) electrons. The van der Waals surface area contributed by atoms with Gasteiger partial charge in [-0.05, 0) is 12.8 Å². The number of ketones is 1. The Morgan fingerprint density at radius 1 is 1.24 bits per heavy atom. The Hall–Kier alpha value is -1.27. The van der Waals surface area contributed by atoms with Crippen LogP contribution in [-0.2, 0) is 17.8 Å². The Labute approximate surface area is 129 Å². The molecule has 0 aromatic carbocycles. The van der Waals surface area contributed by atoms with Gasteiger partial charge in [0.05, 0.1) is 17.1 Å². The van der Waals surface area contributed by atoms with Gasteiger partial charge < -0.3 is 4.90 Å². The van der Waals surface area contributed by atoms with Gasteiger partial charge in [-0.3, -0.25) is 14.5 Å². The van der Waals surface area contributed by atoms with Crippen molar-refractivity contribution in [3.63, 3.8) is 0 Å². The highest BCUT2D eigenvalue weighted by atomic mass is 32.1. The number of piperazine rings is 1. The quantitative estimate of drug-likeness (QED) is 0.853. The number of hydrogen-bond acceptors (Lipinski definition) is 5. The maximum atomic E-state index is 11.9. The Kier molecular flexibility index (Phi) is 4.35. The topological polar surface area (TPSA) is 53.5 Å². The molecule has 0 spiro atoms. The molecule has 1 aliphatic heterocycles. The second-order valence-electron chi connectivity index (χ2n) is 5.67. The van der Waals surface area contributed by atoms with E-state index in [9.17, 15) is 9.59 Å². The minimum absolute atomic E-state index is 0.241. The van der Waals surface area contributed by atoms with Gasteiger partial charge in [-0.1, -0.05) is 6.92 Å². The third-order valence-electron chi connectivity index (χ3n) is 4.20. The first-order valence-electron chi connectivity index (χ1n) is 7.69. The predicted octanol–water partition coefficient (Wildman–Crippen LogP) is 1.72. The van der Waals surface area contributed by atoms with Crippen LogP contribution in [0.1, 0.15) is 46.6 Å². The number of aryl methyl sites for hydroxylation is 1. The molecule has 2 heterocycles. The smallest absolute Gasteiger partial charge is 0.222 e. The number of amides is 1. The lowest BCUT2D eigenvalue weighted by molar-refractivity contribution is -0.132. The first-order chi connectivity index (χ1) is 10.2. The Balaban J connectivity index is 1.59. The molecule has 0 N–H and O–H groups in total. The maximum absolute atomic E-state index is 11.9. The number of Topliss-reactive ketones (excluding diaryl/α,β-unsaturated/α-hetero) is 1. The van der Waals surface area contributed by atoms with E-state index in [1.807, 2.05) is 11.8 Å². The Morgan fingerprint density at radius 3 is 2.67 bits per heavy atom. The summed E-state index contributed by atoms with van der Waals surface area (Å²) in [6.45, 7) is 6.10. The van der Waals surface area contributed by atoms with E-state index in [2.05, 4.69) is 9.88 Å². The highest BCUT2D eigenvalue weighted by Gasteiger charge is 2.24.